The lowest BCUT2D eigenvalue weighted by Crippen LogP contribution is -2.20. The summed E-state index contributed by atoms with van der Waals surface area (Å²) in [5.74, 6) is 0.244. The minimum absolute atomic E-state index is 0.310. The van der Waals surface area contributed by atoms with E-state index in [0.29, 0.717) is 42.5 Å². The maximum Gasteiger partial charge on any atom is 0.283 e. The molecule has 0 bridgehead atoms. The Bertz CT molecular complexity index is 1010. The smallest absolute Gasteiger partial charge is 0.283 e. The number of carbonyl (C=O) groups excluding carboxylic acids is 1. The van der Waals surface area contributed by atoms with Crippen molar-refractivity contribution in [1.82, 2.24) is 4.57 Å². The van der Waals surface area contributed by atoms with Crippen LogP contribution in [0.2, 0.25) is 0 Å². The van der Waals surface area contributed by atoms with Crippen molar-refractivity contribution in [2.45, 2.75) is 20.4 Å². The second kappa shape index (κ2) is 9.30. The molecule has 1 amide bonds. The SMILES string of the molecule is CCOCCn1c(=NC(=O)c2ccccc2OCC)sc2cc(Br)ccc21. The van der Waals surface area contributed by atoms with E-state index in [1.165, 1.54) is 11.3 Å². The summed E-state index contributed by atoms with van der Waals surface area (Å²) in [7, 11) is 0. The van der Waals surface area contributed by atoms with Crippen molar-refractivity contribution in [1.29, 1.82) is 0 Å². The molecule has 0 saturated heterocycles. The summed E-state index contributed by atoms with van der Waals surface area (Å²) >= 11 is 4.99. The number of nitrogens with zero attached hydrogens (tertiary/aromatic N) is 2. The van der Waals surface area contributed by atoms with Crippen LogP contribution in [0.3, 0.4) is 0 Å². The summed E-state index contributed by atoms with van der Waals surface area (Å²) in [6.45, 7) is 6.21. The van der Waals surface area contributed by atoms with Crippen molar-refractivity contribution in [2.24, 2.45) is 4.99 Å². The molecule has 0 aliphatic rings. The predicted molar refractivity (Wildman–Crippen MR) is 112 cm³/mol. The molecule has 5 nitrogen and oxygen atoms in total. The van der Waals surface area contributed by atoms with Gasteiger partial charge in [0.05, 0.1) is 29.0 Å². The second-order valence-corrected chi connectivity index (χ2v) is 7.62. The molecule has 7 heteroatoms. The van der Waals surface area contributed by atoms with E-state index in [1.807, 2.05) is 48.7 Å². The molecule has 27 heavy (non-hydrogen) atoms. The number of ether oxygens (including phenoxy) is 2. The van der Waals surface area contributed by atoms with Gasteiger partial charge in [-0.1, -0.05) is 39.4 Å². The van der Waals surface area contributed by atoms with Crippen molar-refractivity contribution < 1.29 is 14.3 Å². The van der Waals surface area contributed by atoms with Gasteiger partial charge in [0.15, 0.2) is 4.80 Å². The molecule has 0 fully saturated rings. The van der Waals surface area contributed by atoms with E-state index >= 15 is 0 Å². The van der Waals surface area contributed by atoms with Gasteiger partial charge in [-0.15, -0.1) is 0 Å². The molecule has 0 radical (unpaired) electrons. The van der Waals surface area contributed by atoms with Gasteiger partial charge in [-0.3, -0.25) is 4.79 Å². The van der Waals surface area contributed by atoms with E-state index in [2.05, 4.69) is 20.9 Å². The number of thiazole rings is 1. The number of fused-ring (bicyclic) bond motifs is 1. The fourth-order valence-electron chi connectivity index (χ4n) is 2.72. The first kappa shape index (κ1) is 19.8. The molecular formula is C20H21BrN2O3S. The Morgan fingerprint density at radius 1 is 1.19 bits per heavy atom. The van der Waals surface area contributed by atoms with Gasteiger partial charge in [0.1, 0.15) is 5.75 Å². The minimum Gasteiger partial charge on any atom is -0.493 e. The van der Waals surface area contributed by atoms with E-state index in [1.54, 1.807) is 12.1 Å². The van der Waals surface area contributed by atoms with Gasteiger partial charge in [-0.2, -0.15) is 4.99 Å². The molecule has 0 saturated carbocycles. The number of benzene rings is 2. The molecule has 0 unspecified atom stereocenters. The third-order valence-electron chi connectivity index (χ3n) is 3.92. The van der Waals surface area contributed by atoms with Gasteiger partial charge in [-0.05, 0) is 44.2 Å². The topological polar surface area (TPSA) is 52.8 Å². The fourth-order valence-corrected chi connectivity index (χ4v) is 4.33. The Hall–Kier alpha value is -1.96. The van der Waals surface area contributed by atoms with Crippen molar-refractivity contribution in [3.63, 3.8) is 0 Å². The number of hydrogen-bond donors (Lipinski definition) is 0. The van der Waals surface area contributed by atoms with Crippen molar-refractivity contribution >= 4 is 43.4 Å². The average Bonchev–Trinajstić information content (AvgIpc) is 2.99. The molecule has 0 aliphatic heterocycles. The first-order valence-electron chi connectivity index (χ1n) is 8.81. The zero-order valence-corrected chi connectivity index (χ0v) is 17.7. The number of aromatic nitrogens is 1. The number of rotatable bonds is 7. The second-order valence-electron chi connectivity index (χ2n) is 5.69. The van der Waals surface area contributed by atoms with Gasteiger partial charge < -0.3 is 14.0 Å². The lowest BCUT2D eigenvalue weighted by atomic mass is 10.2. The van der Waals surface area contributed by atoms with Crippen LogP contribution in [0.4, 0.5) is 0 Å². The van der Waals surface area contributed by atoms with Crippen molar-refractivity contribution in [2.75, 3.05) is 19.8 Å². The first-order chi connectivity index (χ1) is 13.1. The third-order valence-corrected chi connectivity index (χ3v) is 5.46. The van der Waals surface area contributed by atoms with Crippen LogP contribution >= 0.6 is 27.3 Å². The van der Waals surface area contributed by atoms with Crippen LogP contribution in [-0.2, 0) is 11.3 Å². The number of hydrogen-bond acceptors (Lipinski definition) is 4. The Labute approximate surface area is 170 Å². The summed E-state index contributed by atoms with van der Waals surface area (Å²) in [6, 6.07) is 13.2. The molecule has 0 aliphatic carbocycles. The highest BCUT2D eigenvalue weighted by Gasteiger charge is 2.13. The predicted octanol–water partition coefficient (Wildman–Crippen LogP) is 4.64. The summed E-state index contributed by atoms with van der Waals surface area (Å²) in [4.78, 5) is 17.9. The maximum absolute atomic E-state index is 12.8. The first-order valence-corrected chi connectivity index (χ1v) is 10.4. The maximum atomic E-state index is 12.8. The van der Waals surface area contributed by atoms with E-state index < -0.39 is 0 Å². The Morgan fingerprint density at radius 2 is 2.00 bits per heavy atom. The number of carbonyl (C=O) groups is 1. The molecule has 0 atom stereocenters. The number of halogens is 1. The van der Waals surface area contributed by atoms with E-state index in [0.717, 1.165) is 14.7 Å². The monoisotopic (exact) mass is 448 g/mol. The van der Waals surface area contributed by atoms with Gasteiger partial charge >= 0.3 is 0 Å². The van der Waals surface area contributed by atoms with E-state index in [4.69, 9.17) is 9.47 Å². The fraction of sp³-hybridized carbons (Fsp3) is 0.300. The molecule has 1 heterocycles. The normalized spacial score (nSPS) is 11.9. The highest BCUT2D eigenvalue weighted by Crippen LogP contribution is 2.23. The van der Waals surface area contributed by atoms with Crippen LogP contribution in [0.15, 0.2) is 51.9 Å². The average molecular weight is 449 g/mol. The minimum atomic E-state index is -0.310. The molecule has 3 rings (SSSR count). The zero-order chi connectivity index (χ0) is 19.2. The standard InChI is InChI=1S/C20H21BrN2O3S/c1-3-25-12-11-23-16-10-9-14(21)13-18(16)27-20(23)22-19(24)15-7-5-6-8-17(15)26-4-2/h5-10,13H,3-4,11-12H2,1-2H3. The molecule has 2 aromatic carbocycles. The van der Waals surface area contributed by atoms with Crippen LogP contribution in [0.25, 0.3) is 10.2 Å². The van der Waals surface area contributed by atoms with Gasteiger partial charge in [0.2, 0.25) is 0 Å². The molecule has 3 aromatic rings. The molecule has 142 valence electrons. The quantitative estimate of drug-likeness (QED) is 0.494. The van der Waals surface area contributed by atoms with Gasteiger partial charge in [0, 0.05) is 17.6 Å². The van der Waals surface area contributed by atoms with E-state index in [9.17, 15) is 4.79 Å². The van der Waals surface area contributed by atoms with Crippen molar-refractivity contribution in [3.8, 4) is 5.75 Å². The molecule has 0 spiro atoms. The third kappa shape index (κ3) is 4.66. The Morgan fingerprint density at radius 3 is 2.78 bits per heavy atom. The zero-order valence-electron chi connectivity index (χ0n) is 15.3. The molecular weight excluding hydrogens is 428 g/mol. The lowest BCUT2D eigenvalue weighted by molar-refractivity contribution is 0.0993. The lowest BCUT2D eigenvalue weighted by Gasteiger charge is -2.07. The van der Waals surface area contributed by atoms with Crippen LogP contribution in [0.5, 0.6) is 5.75 Å². The highest BCUT2D eigenvalue weighted by molar-refractivity contribution is 9.10. The van der Waals surface area contributed by atoms with E-state index in [-0.39, 0.29) is 5.91 Å². The van der Waals surface area contributed by atoms with Crippen LogP contribution in [0, 0.1) is 0 Å². The molecule has 0 N–H and O–H groups in total. The van der Waals surface area contributed by atoms with Crippen LogP contribution < -0.4 is 9.54 Å². The Kier molecular flexibility index (Phi) is 6.82. The summed E-state index contributed by atoms with van der Waals surface area (Å²) in [5, 5.41) is 0. The summed E-state index contributed by atoms with van der Waals surface area (Å²) < 4.78 is 15.2. The summed E-state index contributed by atoms with van der Waals surface area (Å²) in [5.41, 5.74) is 1.50. The van der Waals surface area contributed by atoms with Gasteiger partial charge in [0.25, 0.3) is 5.91 Å². The van der Waals surface area contributed by atoms with Crippen LogP contribution in [0.1, 0.15) is 24.2 Å². The largest absolute Gasteiger partial charge is 0.493 e. The van der Waals surface area contributed by atoms with Crippen molar-refractivity contribution in [3.05, 3.63) is 57.3 Å². The summed E-state index contributed by atoms with van der Waals surface area (Å²) in [6.07, 6.45) is 0. The highest BCUT2D eigenvalue weighted by atomic mass is 79.9. The van der Waals surface area contributed by atoms with Crippen LogP contribution in [-0.4, -0.2) is 30.3 Å². The number of para-hydroxylation sites is 1. The van der Waals surface area contributed by atoms with Gasteiger partial charge in [-0.25, -0.2) is 0 Å². The Balaban J connectivity index is 2.06. The molecule has 1 aromatic heterocycles. The number of amides is 1.